The van der Waals surface area contributed by atoms with Gasteiger partial charge in [-0.05, 0) is 20.8 Å². The zero-order valence-corrected chi connectivity index (χ0v) is 12.7. The highest BCUT2D eigenvalue weighted by Crippen LogP contribution is 2.17. The summed E-state index contributed by atoms with van der Waals surface area (Å²) in [5, 5.41) is 10.8. The van der Waals surface area contributed by atoms with Crippen molar-refractivity contribution in [3.8, 4) is 0 Å². The first-order valence-corrected chi connectivity index (χ1v) is 6.70. The van der Waals surface area contributed by atoms with Crippen molar-refractivity contribution in [2.24, 2.45) is 7.05 Å². The van der Waals surface area contributed by atoms with Crippen molar-refractivity contribution >= 4 is 22.9 Å². The van der Waals surface area contributed by atoms with Crippen molar-refractivity contribution in [3.63, 3.8) is 0 Å². The van der Waals surface area contributed by atoms with Gasteiger partial charge in [0.2, 0.25) is 0 Å². The molecule has 2 rings (SSSR count). The number of aryl methyl sites for hydroxylation is 1. The smallest absolute Gasteiger partial charge is 0.407 e. The van der Waals surface area contributed by atoms with Crippen LogP contribution in [0.3, 0.4) is 0 Å². The molecule has 2 N–H and O–H groups in total. The molecule has 0 fully saturated rings. The number of anilines is 1. The van der Waals surface area contributed by atoms with Gasteiger partial charge in [-0.2, -0.15) is 5.10 Å². The topological polar surface area (TPSA) is 94.0 Å². The number of aromatic nitrogens is 4. The molecule has 0 radical (unpaired) electrons. The van der Waals surface area contributed by atoms with E-state index in [-0.39, 0.29) is 0 Å². The quantitative estimate of drug-likeness (QED) is 0.825. The lowest BCUT2D eigenvalue weighted by molar-refractivity contribution is 0.0530. The summed E-state index contributed by atoms with van der Waals surface area (Å²) in [6, 6.07) is 0. The summed E-state index contributed by atoms with van der Waals surface area (Å²) in [4.78, 5) is 19.8. The number of nitrogens with zero attached hydrogens (tertiary/aromatic N) is 4. The van der Waals surface area contributed by atoms with Crippen LogP contribution >= 0.6 is 0 Å². The molecule has 0 atom stereocenters. The average molecular weight is 292 g/mol. The predicted octanol–water partition coefficient (Wildman–Crippen LogP) is 1.30. The van der Waals surface area contributed by atoms with Gasteiger partial charge in [-0.1, -0.05) is 0 Å². The van der Waals surface area contributed by atoms with E-state index in [1.807, 2.05) is 27.8 Å². The van der Waals surface area contributed by atoms with Crippen LogP contribution in [-0.2, 0) is 11.8 Å². The van der Waals surface area contributed by atoms with Crippen molar-refractivity contribution < 1.29 is 9.53 Å². The molecule has 2 aromatic rings. The van der Waals surface area contributed by atoms with Gasteiger partial charge in [0.25, 0.3) is 0 Å². The van der Waals surface area contributed by atoms with E-state index in [1.54, 1.807) is 10.9 Å². The van der Waals surface area contributed by atoms with Gasteiger partial charge < -0.3 is 15.4 Å². The highest BCUT2D eigenvalue weighted by atomic mass is 16.6. The van der Waals surface area contributed by atoms with Gasteiger partial charge in [-0.25, -0.2) is 14.8 Å². The molecule has 0 aromatic carbocycles. The molecule has 0 saturated carbocycles. The number of hydrogen-bond acceptors (Lipinski definition) is 6. The normalized spacial score (nSPS) is 11.4. The second-order valence-corrected chi connectivity index (χ2v) is 5.58. The third kappa shape index (κ3) is 4.04. The van der Waals surface area contributed by atoms with Crippen LogP contribution in [0, 0.1) is 0 Å². The molecule has 1 amide bonds. The van der Waals surface area contributed by atoms with E-state index in [0.29, 0.717) is 18.9 Å². The Bertz CT molecular complexity index is 631. The minimum atomic E-state index is -0.494. The molecule has 0 spiro atoms. The zero-order chi connectivity index (χ0) is 15.5. The lowest BCUT2D eigenvalue weighted by Gasteiger charge is -2.19. The fourth-order valence-corrected chi connectivity index (χ4v) is 1.76. The molecule has 8 heteroatoms. The molecule has 0 saturated heterocycles. The van der Waals surface area contributed by atoms with Crippen LogP contribution in [0.5, 0.6) is 0 Å². The van der Waals surface area contributed by atoms with Crippen molar-refractivity contribution in [2.75, 3.05) is 18.4 Å². The minimum absolute atomic E-state index is 0.431. The molecule has 8 nitrogen and oxygen atoms in total. The van der Waals surface area contributed by atoms with Crippen LogP contribution in [0.15, 0.2) is 12.5 Å². The Kier molecular flexibility index (Phi) is 4.25. The number of alkyl carbamates (subject to hydrolysis) is 1. The Morgan fingerprint density at radius 2 is 2.10 bits per heavy atom. The monoisotopic (exact) mass is 292 g/mol. The maximum absolute atomic E-state index is 11.5. The van der Waals surface area contributed by atoms with Crippen LogP contribution < -0.4 is 10.6 Å². The largest absolute Gasteiger partial charge is 0.444 e. The molecule has 21 heavy (non-hydrogen) atoms. The van der Waals surface area contributed by atoms with E-state index < -0.39 is 11.7 Å². The molecule has 0 aliphatic rings. The van der Waals surface area contributed by atoms with Crippen LogP contribution in [-0.4, -0.2) is 44.5 Å². The predicted molar refractivity (Wildman–Crippen MR) is 79.0 cm³/mol. The molecule has 2 aromatic heterocycles. The lowest BCUT2D eigenvalue weighted by Crippen LogP contribution is -2.35. The third-order valence-electron chi connectivity index (χ3n) is 2.62. The molecular formula is C13H20N6O2. The lowest BCUT2D eigenvalue weighted by atomic mass is 10.2. The summed E-state index contributed by atoms with van der Waals surface area (Å²) in [7, 11) is 1.82. The number of carbonyl (C=O) groups is 1. The molecule has 0 unspecified atom stereocenters. The summed E-state index contributed by atoms with van der Waals surface area (Å²) < 4.78 is 6.83. The Labute approximate surface area is 122 Å². The van der Waals surface area contributed by atoms with Gasteiger partial charge in [-0.3, -0.25) is 4.68 Å². The van der Waals surface area contributed by atoms with Gasteiger partial charge in [0.15, 0.2) is 5.65 Å². The van der Waals surface area contributed by atoms with Crippen LogP contribution in [0.4, 0.5) is 10.6 Å². The maximum atomic E-state index is 11.5. The minimum Gasteiger partial charge on any atom is -0.444 e. The Morgan fingerprint density at radius 3 is 2.81 bits per heavy atom. The standard InChI is InChI=1S/C13H20N6O2/c1-13(2,3)21-12(20)15-6-5-14-10-9-7-18-19(4)11(9)17-8-16-10/h7-8H,5-6H2,1-4H3,(H,15,20)(H,14,16,17). The summed E-state index contributed by atoms with van der Waals surface area (Å²) in [5.74, 6) is 0.694. The summed E-state index contributed by atoms with van der Waals surface area (Å²) in [6.45, 7) is 6.43. The number of carbonyl (C=O) groups excluding carboxylic acids is 1. The van der Waals surface area contributed by atoms with Crippen molar-refractivity contribution in [1.29, 1.82) is 0 Å². The number of rotatable bonds is 4. The Morgan fingerprint density at radius 1 is 1.33 bits per heavy atom. The van der Waals surface area contributed by atoms with Gasteiger partial charge in [0, 0.05) is 20.1 Å². The van der Waals surface area contributed by atoms with Gasteiger partial charge >= 0.3 is 6.09 Å². The molecule has 0 bridgehead atoms. The van der Waals surface area contributed by atoms with E-state index in [9.17, 15) is 4.79 Å². The van der Waals surface area contributed by atoms with E-state index in [0.717, 1.165) is 11.0 Å². The first-order valence-electron chi connectivity index (χ1n) is 6.70. The fraction of sp³-hybridized carbons (Fsp3) is 0.538. The van der Waals surface area contributed by atoms with Crippen molar-refractivity contribution in [3.05, 3.63) is 12.5 Å². The van der Waals surface area contributed by atoms with E-state index in [1.165, 1.54) is 6.33 Å². The Hall–Kier alpha value is -2.38. The number of amides is 1. The highest BCUT2D eigenvalue weighted by molar-refractivity contribution is 5.85. The highest BCUT2D eigenvalue weighted by Gasteiger charge is 2.15. The van der Waals surface area contributed by atoms with Gasteiger partial charge in [0.05, 0.1) is 11.6 Å². The van der Waals surface area contributed by atoms with E-state index >= 15 is 0 Å². The Balaban J connectivity index is 1.84. The summed E-state index contributed by atoms with van der Waals surface area (Å²) in [6.07, 6.45) is 2.76. The van der Waals surface area contributed by atoms with Crippen molar-refractivity contribution in [2.45, 2.75) is 26.4 Å². The average Bonchev–Trinajstić information content (AvgIpc) is 2.75. The second kappa shape index (κ2) is 5.94. The SMILES string of the molecule is Cn1ncc2c(NCCNC(=O)OC(C)(C)C)ncnc21. The molecule has 0 aliphatic heterocycles. The molecular weight excluding hydrogens is 272 g/mol. The van der Waals surface area contributed by atoms with Gasteiger partial charge in [0.1, 0.15) is 17.7 Å². The van der Waals surface area contributed by atoms with Crippen molar-refractivity contribution in [1.82, 2.24) is 25.1 Å². The van der Waals surface area contributed by atoms with Gasteiger partial charge in [-0.15, -0.1) is 0 Å². The number of nitrogens with one attached hydrogen (secondary N) is 2. The summed E-state index contributed by atoms with van der Waals surface area (Å²) in [5.41, 5.74) is 0.263. The summed E-state index contributed by atoms with van der Waals surface area (Å²) >= 11 is 0. The molecule has 114 valence electrons. The second-order valence-electron chi connectivity index (χ2n) is 5.58. The van der Waals surface area contributed by atoms with Crippen LogP contribution in [0.1, 0.15) is 20.8 Å². The van der Waals surface area contributed by atoms with Crippen LogP contribution in [0.25, 0.3) is 11.0 Å². The third-order valence-corrected chi connectivity index (χ3v) is 2.62. The zero-order valence-electron chi connectivity index (χ0n) is 12.7. The number of fused-ring (bicyclic) bond motifs is 1. The first kappa shape index (κ1) is 15.0. The van der Waals surface area contributed by atoms with E-state index in [4.69, 9.17) is 4.74 Å². The number of ether oxygens (including phenoxy) is 1. The number of hydrogen-bond donors (Lipinski definition) is 2. The van der Waals surface area contributed by atoms with E-state index in [2.05, 4.69) is 25.7 Å². The maximum Gasteiger partial charge on any atom is 0.407 e. The molecule has 2 heterocycles. The first-order chi connectivity index (χ1) is 9.87. The van der Waals surface area contributed by atoms with Crippen LogP contribution in [0.2, 0.25) is 0 Å². The molecule has 0 aliphatic carbocycles. The fourth-order valence-electron chi connectivity index (χ4n) is 1.76.